The van der Waals surface area contributed by atoms with Crippen LogP contribution in [0.3, 0.4) is 0 Å². The van der Waals surface area contributed by atoms with Crippen LogP contribution in [0.2, 0.25) is 0 Å². The second-order valence-corrected chi connectivity index (χ2v) is 1.55. The van der Waals surface area contributed by atoms with Gasteiger partial charge in [0.2, 0.25) is 0 Å². The van der Waals surface area contributed by atoms with Gasteiger partial charge in [-0.15, -0.1) is 0 Å². The first kappa shape index (κ1) is 6.10. The molecule has 0 atom stereocenters. The summed E-state index contributed by atoms with van der Waals surface area (Å²) in [6.07, 6.45) is 0. The summed E-state index contributed by atoms with van der Waals surface area (Å²) in [5.74, 6) is 0.399. The quantitative estimate of drug-likeness (QED) is 0.615. The number of rotatable bonds is 2. The van der Waals surface area contributed by atoms with Crippen molar-refractivity contribution in [3.8, 4) is 5.95 Å². The molecule has 4 nitrogen and oxygen atoms in total. The van der Waals surface area contributed by atoms with Gasteiger partial charge in [0, 0.05) is 12.6 Å². The summed E-state index contributed by atoms with van der Waals surface area (Å²) in [6.45, 7) is 0.382. The lowest BCUT2D eigenvalue weighted by Crippen LogP contribution is -1.94. The lowest BCUT2D eigenvalue weighted by atomic mass is 10.4. The van der Waals surface area contributed by atoms with E-state index in [9.17, 15) is 0 Å². The van der Waals surface area contributed by atoms with Crippen molar-refractivity contribution in [2.75, 3.05) is 7.11 Å². The predicted octanol–water partition coefficient (Wildman–Crippen LogP) is 0.142. The molecule has 1 aromatic rings. The van der Waals surface area contributed by atoms with Crippen LogP contribution in [0.25, 0.3) is 0 Å². The molecular weight excluding hydrogens is 120 g/mol. The van der Waals surface area contributed by atoms with Gasteiger partial charge in [-0.2, -0.15) is 0 Å². The second kappa shape index (κ2) is 2.50. The van der Waals surface area contributed by atoms with Crippen molar-refractivity contribution in [3.05, 3.63) is 11.8 Å². The first-order chi connectivity index (χ1) is 4.36. The van der Waals surface area contributed by atoms with Crippen LogP contribution in [-0.4, -0.2) is 12.3 Å². The van der Waals surface area contributed by atoms with Crippen LogP contribution >= 0.6 is 0 Å². The van der Waals surface area contributed by atoms with Crippen molar-refractivity contribution >= 4 is 0 Å². The van der Waals surface area contributed by atoms with Crippen molar-refractivity contribution < 1.29 is 9.26 Å². The molecule has 0 spiro atoms. The molecule has 50 valence electrons. The van der Waals surface area contributed by atoms with Crippen LogP contribution in [0.1, 0.15) is 5.69 Å². The van der Waals surface area contributed by atoms with Gasteiger partial charge in [-0.1, -0.05) is 5.16 Å². The van der Waals surface area contributed by atoms with E-state index >= 15 is 0 Å². The van der Waals surface area contributed by atoms with E-state index in [2.05, 4.69) is 9.68 Å². The number of nitrogens with zero attached hydrogens (tertiary/aromatic N) is 1. The number of hydrogen-bond acceptors (Lipinski definition) is 4. The monoisotopic (exact) mass is 128 g/mol. The Labute approximate surface area is 52.6 Å². The maximum absolute atomic E-state index is 5.24. The fourth-order valence-corrected chi connectivity index (χ4v) is 0.485. The molecule has 4 heteroatoms. The molecule has 1 heterocycles. The van der Waals surface area contributed by atoms with Crippen LogP contribution < -0.4 is 10.5 Å². The van der Waals surface area contributed by atoms with E-state index in [1.807, 2.05) is 0 Å². The van der Waals surface area contributed by atoms with Crippen molar-refractivity contribution in [2.24, 2.45) is 5.73 Å². The smallest absolute Gasteiger partial charge is 0.311 e. The van der Waals surface area contributed by atoms with Crippen LogP contribution in [0.5, 0.6) is 5.95 Å². The molecule has 0 aliphatic carbocycles. The lowest BCUT2D eigenvalue weighted by molar-refractivity contribution is 0.259. The molecule has 0 amide bonds. The van der Waals surface area contributed by atoms with Gasteiger partial charge in [-0.3, -0.25) is 0 Å². The average molecular weight is 128 g/mol. The number of nitrogens with two attached hydrogens (primary N) is 1. The molecule has 0 saturated heterocycles. The third-order valence-electron chi connectivity index (χ3n) is 0.948. The Bertz CT molecular complexity index is 166. The Hall–Kier alpha value is -1.03. The van der Waals surface area contributed by atoms with Gasteiger partial charge >= 0.3 is 5.95 Å². The highest BCUT2D eigenvalue weighted by molar-refractivity contribution is 5.09. The van der Waals surface area contributed by atoms with Gasteiger partial charge in [0.1, 0.15) is 5.69 Å². The fourth-order valence-electron chi connectivity index (χ4n) is 0.485. The van der Waals surface area contributed by atoms with Gasteiger partial charge in [0.25, 0.3) is 0 Å². The third-order valence-corrected chi connectivity index (χ3v) is 0.948. The molecule has 1 rings (SSSR count). The largest absolute Gasteiger partial charge is 0.467 e. The zero-order valence-corrected chi connectivity index (χ0v) is 5.13. The Morgan fingerprint density at radius 2 is 2.67 bits per heavy atom. The molecule has 0 bridgehead atoms. The summed E-state index contributed by atoms with van der Waals surface area (Å²) >= 11 is 0. The van der Waals surface area contributed by atoms with Crippen molar-refractivity contribution in [2.45, 2.75) is 6.54 Å². The molecular formula is C5H8N2O2. The van der Waals surface area contributed by atoms with Gasteiger partial charge in [-0.05, 0) is 0 Å². The van der Waals surface area contributed by atoms with Crippen molar-refractivity contribution in [1.82, 2.24) is 5.16 Å². The second-order valence-electron chi connectivity index (χ2n) is 1.55. The maximum atomic E-state index is 5.24. The highest BCUT2D eigenvalue weighted by Gasteiger charge is 1.98. The zero-order chi connectivity index (χ0) is 6.69. The molecule has 0 aliphatic heterocycles. The SMILES string of the molecule is COc1cc(CN)no1. The Kier molecular flexibility index (Phi) is 1.69. The van der Waals surface area contributed by atoms with Crippen molar-refractivity contribution in [1.29, 1.82) is 0 Å². The van der Waals surface area contributed by atoms with E-state index in [0.717, 1.165) is 0 Å². The number of ether oxygens (including phenoxy) is 1. The molecule has 1 aromatic heterocycles. The van der Waals surface area contributed by atoms with Gasteiger partial charge in [-0.25, -0.2) is 0 Å². The van der Waals surface area contributed by atoms with Crippen LogP contribution in [0.4, 0.5) is 0 Å². The molecule has 0 aliphatic rings. The number of hydrogen-bond donors (Lipinski definition) is 1. The standard InChI is InChI=1S/C5H8N2O2/c1-8-5-2-4(3-6)7-9-5/h2H,3,6H2,1H3. The Morgan fingerprint density at radius 1 is 1.89 bits per heavy atom. The fraction of sp³-hybridized carbons (Fsp3) is 0.400. The topological polar surface area (TPSA) is 61.3 Å². The number of aromatic nitrogens is 1. The lowest BCUT2D eigenvalue weighted by Gasteiger charge is -1.83. The summed E-state index contributed by atoms with van der Waals surface area (Å²) < 4.78 is 9.36. The minimum Gasteiger partial charge on any atom is -0.467 e. The summed E-state index contributed by atoms with van der Waals surface area (Å²) in [5.41, 5.74) is 5.94. The molecule has 0 aromatic carbocycles. The molecule has 0 radical (unpaired) electrons. The maximum Gasteiger partial charge on any atom is 0.311 e. The van der Waals surface area contributed by atoms with Crippen LogP contribution in [0, 0.1) is 0 Å². The summed E-state index contributed by atoms with van der Waals surface area (Å²) in [6, 6.07) is 1.65. The highest BCUT2D eigenvalue weighted by atomic mass is 16.6. The minimum atomic E-state index is 0.382. The average Bonchev–Trinajstić information content (AvgIpc) is 2.34. The van der Waals surface area contributed by atoms with E-state index < -0.39 is 0 Å². The first-order valence-electron chi connectivity index (χ1n) is 2.56. The molecule has 0 unspecified atom stereocenters. The van der Waals surface area contributed by atoms with Gasteiger partial charge < -0.3 is 15.0 Å². The summed E-state index contributed by atoms with van der Waals surface area (Å²) in [5, 5.41) is 3.58. The van der Waals surface area contributed by atoms with Gasteiger partial charge in [0.05, 0.1) is 7.11 Å². The highest BCUT2D eigenvalue weighted by Crippen LogP contribution is 2.09. The summed E-state index contributed by atoms with van der Waals surface area (Å²) in [7, 11) is 1.51. The van der Waals surface area contributed by atoms with Crippen LogP contribution in [0.15, 0.2) is 10.6 Å². The molecule has 9 heavy (non-hydrogen) atoms. The van der Waals surface area contributed by atoms with Crippen LogP contribution in [-0.2, 0) is 6.54 Å². The van der Waals surface area contributed by atoms with E-state index in [4.69, 9.17) is 10.5 Å². The summed E-state index contributed by atoms with van der Waals surface area (Å²) in [4.78, 5) is 0. The minimum absolute atomic E-state index is 0.382. The number of methoxy groups -OCH3 is 1. The Morgan fingerprint density at radius 3 is 3.00 bits per heavy atom. The van der Waals surface area contributed by atoms with E-state index in [0.29, 0.717) is 18.2 Å². The first-order valence-corrected chi connectivity index (χ1v) is 2.56. The predicted molar refractivity (Wildman–Crippen MR) is 30.9 cm³/mol. The zero-order valence-electron chi connectivity index (χ0n) is 5.13. The van der Waals surface area contributed by atoms with Gasteiger partial charge in [0.15, 0.2) is 0 Å². The van der Waals surface area contributed by atoms with E-state index in [1.165, 1.54) is 7.11 Å². The normalized spacial score (nSPS) is 9.56. The molecule has 2 N–H and O–H groups in total. The molecule has 0 saturated carbocycles. The molecule has 0 fully saturated rings. The Balaban J connectivity index is 2.74. The van der Waals surface area contributed by atoms with E-state index in [-0.39, 0.29) is 0 Å². The van der Waals surface area contributed by atoms with E-state index in [1.54, 1.807) is 6.07 Å². The third kappa shape index (κ3) is 1.20. The van der Waals surface area contributed by atoms with Crippen molar-refractivity contribution in [3.63, 3.8) is 0 Å².